The average Bonchev–Trinajstić information content (AvgIpc) is 3.28. The first kappa shape index (κ1) is 19.0. The Hall–Kier alpha value is -1.34. The van der Waals surface area contributed by atoms with E-state index >= 15 is 0 Å². The highest BCUT2D eigenvalue weighted by atomic mass is 32.2. The lowest BCUT2D eigenvalue weighted by molar-refractivity contribution is -0.129. The van der Waals surface area contributed by atoms with Crippen LogP contribution in [0.1, 0.15) is 47.0 Å². The number of hydrogen-bond donors (Lipinski definition) is 0. The molecule has 0 N–H and O–H groups in total. The maximum Gasteiger partial charge on any atom is 0.233 e. The van der Waals surface area contributed by atoms with Gasteiger partial charge in [0.2, 0.25) is 5.91 Å². The predicted molar refractivity (Wildman–Crippen MR) is 111 cm³/mol. The lowest BCUT2D eigenvalue weighted by Crippen LogP contribution is -2.38. The van der Waals surface area contributed by atoms with Crippen molar-refractivity contribution in [3.8, 4) is 10.7 Å². The molecule has 146 valence electrons. The molecule has 0 aromatic carbocycles. The number of carbonyl (C=O) groups excluding carboxylic acids is 1. The van der Waals surface area contributed by atoms with E-state index in [1.54, 1.807) is 11.3 Å². The van der Waals surface area contributed by atoms with E-state index < -0.39 is 0 Å². The molecule has 1 aliphatic heterocycles. The largest absolute Gasteiger partial charge is 0.338 e. The third-order valence-corrected chi connectivity index (χ3v) is 7.65. The molecule has 4 rings (SSSR count). The van der Waals surface area contributed by atoms with Crippen LogP contribution >= 0.6 is 23.1 Å². The van der Waals surface area contributed by atoms with E-state index in [0.29, 0.717) is 17.2 Å². The quantitative estimate of drug-likeness (QED) is 0.686. The van der Waals surface area contributed by atoms with E-state index in [9.17, 15) is 4.79 Å². The molecule has 2 atom stereocenters. The number of hydrogen-bond acceptors (Lipinski definition) is 5. The Morgan fingerprint density at radius 1 is 1.33 bits per heavy atom. The minimum absolute atomic E-state index is 0.245. The molecule has 1 aliphatic carbocycles. The van der Waals surface area contributed by atoms with Gasteiger partial charge in [-0.15, -0.1) is 21.5 Å². The number of amides is 1. The monoisotopic (exact) mass is 404 g/mol. The zero-order valence-electron chi connectivity index (χ0n) is 16.6. The summed E-state index contributed by atoms with van der Waals surface area (Å²) in [6.45, 7) is 10.8. The Bertz CT molecular complexity index is 829. The highest BCUT2D eigenvalue weighted by Crippen LogP contribution is 2.52. The molecule has 2 aliphatic rings. The standard InChI is InChI=1S/C20H28N4OS2/c1-5-23-17(15-7-6-8-26-15)21-22-18(23)27-11-16(25)24-13-20(4)10-14(24)9-19(2,3)12-20/h6-8,14H,5,9-13H2,1-4H3/t14-,20-/m1/s1. The Morgan fingerprint density at radius 2 is 2.15 bits per heavy atom. The van der Waals surface area contributed by atoms with Crippen LogP contribution in [-0.4, -0.2) is 43.9 Å². The van der Waals surface area contributed by atoms with Crippen molar-refractivity contribution in [2.45, 2.75) is 64.7 Å². The van der Waals surface area contributed by atoms with Gasteiger partial charge in [-0.3, -0.25) is 4.79 Å². The van der Waals surface area contributed by atoms with Crippen molar-refractivity contribution in [3.63, 3.8) is 0 Å². The average molecular weight is 405 g/mol. The second-order valence-corrected chi connectivity index (χ2v) is 10.9. The first-order valence-electron chi connectivity index (χ1n) is 9.70. The number of aromatic nitrogens is 3. The number of thiophene rings is 1. The summed E-state index contributed by atoms with van der Waals surface area (Å²) in [5.74, 6) is 1.58. The number of nitrogens with zero attached hydrogens (tertiary/aromatic N) is 4. The normalized spacial score (nSPS) is 26.5. The van der Waals surface area contributed by atoms with E-state index in [0.717, 1.165) is 41.8 Å². The summed E-state index contributed by atoms with van der Waals surface area (Å²) in [5.41, 5.74) is 0.611. The molecular formula is C20H28N4OS2. The molecule has 0 radical (unpaired) electrons. The molecule has 27 heavy (non-hydrogen) atoms. The summed E-state index contributed by atoms with van der Waals surface area (Å²) in [6, 6.07) is 4.49. The fourth-order valence-corrected chi connectivity index (χ4v) is 6.84. The fraction of sp³-hybridized carbons (Fsp3) is 0.650. The summed E-state index contributed by atoms with van der Waals surface area (Å²) in [4.78, 5) is 16.3. The molecule has 1 saturated carbocycles. The zero-order chi connectivity index (χ0) is 19.2. The Balaban J connectivity index is 1.45. The molecule has 1 amide bonds. The van der Waals surface area contributed by atoms with Gasteiger partial charge in [0.15, 0.2) is 11.0 Å². The maximum atomic E-state index is 13.0. The van der Waals surface area contributed by atoms with E-state index in [2.05, 4.69) is 53.4 Å². The maximum absolute atomic E-state index is 13.0. The second-order valence-electron chi connectivity index (χ2n) is 9.05. The first-order chi connectivity index (χ1) is 12.8. The van der Waals surface area contributed by atoms with Crippen LogP contribution in [0, 0.1) is 10.8 Å². The van der Waals surface area contributed by atoms with Crippen molar-refractivity contribution in [3.05, 3.63) is 17.5 Å². The fourth-order valence-electron chi connectivity index (χ4n) is 5.23. The van der Waals surface area contributed by atoms with E-state index in [4.69, 9.17) is 0 Å². The van der Waals surface area contributed by atoms with Crippen molar-refractivity contribution in [1.29, 1.82) is 0 Å². The third-order valence-electron chi connectivity index (χ3n) is 5.83. The van der Waals surface area contributed by atoms with Crippen LogP contribution in [0.5, 0.6) is 0 Å². The SMILES string of the molecule is CCn1c(SCC(=O)N2C[C@]3(C)C[C@H]2CC(C)(C)C3)nnc1-c1cccs1. The van der Waals surface area contributed by atoms with Crippen LogP contribution in [0.2, 0.25) is 0 Å². The number of carbonyl (C=O) groups is 1. The van der Waals surface area contributed by atoms with Crippen LogP contribution < -0.4 is 0 Å². The van der Waals surface area contributed by atoms with Crippen molar-refractivity contribution in [2.75, 3.05) is 12.3 Å². The highest BCUT2D eigenvalue weighted by Gasteiger charge is 2.50. The van der Waals surface area contributed by atoms with Gasteiger partial charge in [-0.1, -0.05) is 38.6 Å². The topological polar surface area (TPSA) is 51.0 Å². The first-order valence-corrected chi connectivity index (χ1v) is 11.6. The number of rotatable bonds is 5. The Labute approximate surface area is 169 Å². The van der Waals surface area contributed by atoms with Gasteiger partial charge in [0, 0.05) is 19.1 Å². The molecule has 2 aromatic heterocycles. The van der Waals surface area contributed by atoms with Crippen LogP contribution in [0.3, 0.4) is 0 Å². The minimum Gasteiger partial charge on any atom is -0.338 e. The molecule has 2 aromatic rings. The van der Waals surface area contributed by atoms with Crippen molar-refractivity contribution in [2.24, 2.45) is 10.8 Å². The van der Waals surface area contributed by atoms with E-state index in [1.165, 1.54) is 18.2 Å². The van der Waals surface area contributed by atoms with Crippen LogP contribution in [-0.2, 0) is 11.3 Å². The van der Waals surface area contributed by atoms with Gasteiger partial charge in [-0.25, -0.2) is 0 Å². The Morgan fingerprint density at radius 3 is 2.85 bits per heavy atom. The molecule has 3 heterocycles. The molecule has 1 saturated heterocycles. The van der Waals surface area contributed by atoms with Gasteiger partial charge in [-0.2, -0.15) is 0 Å². The second kappa shape index (κ2) is 6.92. The van der Waals surface area contributed by atoms with E-state index in [1.807, 2.05) is 11.4 Å². The van der Waals surface area contributed by atoms with Crippen molar-refractivity contribution in [1.82, 2.24) is 19.7 Å². The van der Waals surface area contributed by atoms with Crippen LogP contribution in [0.25, 0.3) is 10.7 Å². The molecule has 0 spiro atoms. The number of likely N-dealkylation sites (tertiary alicyclic amines) is 1. The number of fused-ring (bicyclic) bond motifs is 2. The summed E-state index contributed by atoms with van der Waals surface area (Å²) >= 11 is 3.19. The number of thioether (sulfide) groups is 1. The Kier molecular flexibility index (Phi) is 4.87. The van der Waals surface area contributed by atoms with Crippen molar-refractivity contribution < 1.29 is 4.79 Å². The summed E-state index contributed by atoms with van der Waals surface area (Å²) in [7, 11) is 0. The van der Waals surface area contributed by atoms with Gasteiger partial charge in [-0.05, 0) is 48.5 Å². The highest BCUT2D eigenvalue weighted by molar-refractivity contribution is 7.99. The molecule has 5 nitrogen and oxygen atoms in total. The van der Waals surface area contributed by atoms with Gasteiger partial charge in [0.1, 0.15) is 0 Å². The molecule has 0 unspecified atom stereocenters. The predicted octanol–water partition coefficient (Wildman–Crippen LogP) is 4.55. The minimum atomic E-state index is 0.245. The molecular weight excluding hydrogens is 376 g/mol. The van der Waals surface area contributed by atoms with Gasteiger partial charge < -0.3 is 9.47 Å². The van der Waals surface area contributed by atoms with Crippen LogP contribution in [0.4, 0.5) is 0 Å². The summed E-state index contributed by atoms with van der Waals surface area (Å²) in [6.07, 6.45) is 3.48. The van der Waals surface area contributed by atoms with Crippen LogP contribution in [0.15, 0.2) is 22.7 Å². The lowest BCUT2D eigenvalue weighted by Gasteiger charge is -2.39. The molecule has 2 bridgehead atoms. The third kappa shape index (κ3) is 3.68. The molecule has 2 fully saturated rings. The summed E-state index contributed by atoms with van der Waals surface area (Å²) in [5, 5.41) is 11.6. The van der Waals surface area contributed by atoms with Gasteiger partial charge in [0.25, 0.3) is 0 Å². The van der Waals surface area contributed by atoms with Gasteiger partial charge >= 0.3 is 0 Å². The lowest BCUT2D eigenvalue weighted by atomic mass is 9.65. The van der Waals surface area contributed by atoms with Gasteiger partial charge in [0.05, 0.1) is 10.6 Å². The summed E-state index contributed by atoms with van der Waals surface area (Å²) < 4.78 is 2.11. The van der Waals surface area contributed by atoms with Crippen molar-refractivity contribution >= 4 is 29.0 Å². The zero-order valence-corrected chi connectivity index (χ0v) is 18.2. The smallest absolute Gasteiger partial charge is 0.233 e. The molecule has 7 heteroatoms. The van der Waals surface area contributed by atoms with E-state index in [-0.39, 0.29) is 11.3 Å².